The fraction of sp³-hybridized carbons (Fsp3) is 0.143. The standard InChI is InChI=1S/C14H13BrClN3O3/c1-19-7-9(15)6-11(19)14(21)18-17-13(20)8-22-12-5-3-2-4-10(12)16/h2-7H,8H2,1H3,(H,17,20)(H,18,21). The van der Waals surface area contributed by atoms with Crippen LogP contribution in [0.5, 0.6) is 5.75 Å². The van der Waals surface area contributed by atoms with Crippen molar-refractivity contribution in [3.8, 4) is 5.75 Å². The van der Waals surface area contributed by atoms with E-state index in [4.69, 9.17) is 16.3 Å². The van der Waals surface area contributed by atoms with Gasteiger partial charge in [0.15, 0.2) is 6.61 Å². The van der Waals surface area contributed by atoms with E-state index in [-0.39, 0.29) is 6.61 Å². The highest BCUT2D eigenvalue weighted by Gasteiger charge is 2.12. The summed E-state index contributed by atoms with van der Waals surface area (Å²) in [6.07, 6.45) is 1.73. The number of hydrogen-bond donors (Lipinski definition) is 2. The molecule has 1 aromatic carbocycles. The third kappa shape index (κ3) is 4.25. The Labute approximate surface area is 140 Å². The van der Waals surface area contributed by atoms with Crippen molar-refractivity contribution in [3.05, 3.63) is 51.7 Å². The molecule has 0 radical (unpaired) electrons. The second-order valence-electron chi connectivity index (χ2n) is 4.38. The summed E-state index contributed by atoms with van der Waals surface area (Å²) in [5.74, 6) is -0.530. The molecule has 0 spiro atoms. The average Bonchev–Trinajstić information content (AvgIpc) is 2.82. The lowest BCUT2D eigenvalue weighted by Gasteiger charge is -2.09. The van der Waals surface area contributed by atoms with Gasteiger partial charge >= 0.3 is 0 Å². The highest BCUT2D eigenvalue weighted by atomic mass is 79.9. The number of rotatable bonds is 4. The highest BCUT2D eigenvalue weighted by molar-refractivity contribution is 9.10. The van der Waals surface area contributed by atoms with E-state index in [1.165, 1.54) is 0 Å². The minimum absolute atomic E-state index is 0.263. The van der Waals surface area contributed by atoms with Gasteiger partial charge in [-0.2, -0.15) is 0 Å². The number of ether oxygens (including phenoxy) is 1. The van der Waals surface area contributed by atoms with E-state index in [9.17, 15) is 9.59 Å². The van der Waals surface area contributed by atoms with Crippen LogP contribution in [0, 0.1) is 0 Å². The maximum Gasteiger partial charge on any atom is 0.286 e. The van der Waals surface area contributed by atoms with Gasteiger partial charge in [0.05, 0.1) is 5.02 Å². The van der Waals surface area contributed by atoms with Gasteiger partial charge in [0.2, 0.25) is 0 Å². The van der Waals surface area contributed by atoms with Crippen molar-refractivity contribution in [2.75, 3.05) is 6.61 Å². The van der Waals surface area contributed by atoms with E-state index >= 15 is 0 Å². The Morgan fingerprint density at radius 1 is 1.32 bits per heavy atom. The lowest BCUT2D eigenvalue weighted by molar-refractivity contribution is -0.123. The monoisotopic (exact) mass is 385 g/mol. The van der Waals surface area contributed by atoms with Crippen LogP contribution in [0.3, 0.4) is 0 Å². The van der Waals surface area contributed by atoms with Crippen molar-refractivity contribution < 1.29 is 14.3 Å². The molecular weight excluding hydrogens is 374 g/mol. The predicted molar refractivity (Wildman–Crippen MR) is 85.7 cm³/mol. The summed E-state index contributed by atoms with van der Waals surface area (Å²) < 4.78 is 7.66. The highest BCUT2D eigenvalue weighted by Crippen LogP contribution is 2.22. The fourth-order valence-electron chi connectivity index (χ4n) is 1.68. The number of nitrogens with zero attached hydrogens (tertiary/aromatic N) is 1. The number of halogens is 2. The molecule has 0 saturated heterocycles. The van der Waals surface area contributed by atoms with Crippen molar-refractivity contribution in [1.29, 1.82) is 0 Å². The minimum Gasteiger partial charge on any atom is -0.482 e. The van der Waals surface area contributed by atoms with Crippen LogP contribution in [-0.2, 0) is 11.8 Å². The zero-order chi connectivity index (χ0) is 16.1. The van der Waals surface area contributed by atoms with E-state index in [0.29, 0.717) is 16.5 Å². The Morgan fingerprint density at radius 3 is 2.68 bits per heavy atom. The Hall–Kier alpha value is -1.99. The van der Waals surface area contributed by atoms with E-state index in [1.807, 2.05) is 0 Å². The SMILES string of the molecule is Cn1cc(Br)cc1C(=O)NNC(=O)COc1ccccc1Cl. The number of nitrogens with one attached hydrogen (secondary N) is 2. The van der Waals surface area contributed by atoms with Crippen LogP contribution in [-0.4, -0.2) is 23.0 Å². The molecule has 0 atom stereocenters. The summed E-state index contributed by atoms with van der Waals surface area (Å²) in [4.78, 5) is 23.5. The summed E-state index contributed by atoms with van der Waals surface area (Å²) >= 11 is 9.17. The third-order valence-corrected chi connectivity index (χ3v) is 3.46. The molecule has 1 aromatic heterocycles. The van der Waals surface area contributed by atoms with Gasteiger partial charge in [-0.3, -0.25) is 20.4 Å². The lowest BCUT2D eigenvalue weighted by atomic mass is 10.3. The van der Waals surface area contributed by atoms with Crippen LogP contribution >= 0.6 is 27.5 Å². The number of aromatic nitrogens is 1. The first-order valence-corrected chi connectivity index (χ1v) is 7.43. The van der Waals surface area contributed by atoms with E-state index in [1.54, 1.807) is 48.1 Å². The summed E-state index contributed by atoms with van der Waals surface area (Å²) in [5, 5.41) is 0.410. The summed E-state index contributed by atoms with van der Waals surface area (Å²) in [7, 11) is 1.72. The molecule has 2 aromatic rings. The molecule has 2 amide bonds. The molecule has 0 aliphatic carbocycles. The van der Waals surface area contributed by atoms with Crippen molar-refractivity contribution in [2.24, 2.45) is 7.05 Å². The first kappa shape index (κ1) is 16.4. The predicted octanol–water partition coefficient (Wildman–Crippen LogP) is 2.28. The summed E-state index contributed by atoms with van der Waals surface area (Å²) in [6, 6.07) is 8.45. The quantitative estimate of drug-likeness (QED) is 0.792. The zero-order valence-electron chi connectivity index (χ0n) is 11.6. The molecule has 0 saturated carbocycles. The van der Waals surface area contributed by atoms with Crippen LogP contribution in [0.25, 0.3) is 0 Å². The summed E-state index contributed by atoms with van der Waals surface area (Å²) in [6.45, 7) is -0.263. The molecule has 116 valence electrons. The number of hydrogen-bond acceptors (Lipinski definition) is 3. The van der Waals surface area contributed by atoms with Crippen molar-refractivity contribution in [1.82, 2.24) is 15.4 Å². The van der Waals surface area contributed by atoms with Gasteiger partial charge in [-0.15, -0.1) is 0 Å². The first-order valence-electron chi connectivity index (χ1n) is 6.25. The van der Waals surface area contributed by atoms with Crippen LogP contribution in [0.1, 0.15) is 10.5 Å². The largest absolute Gasteiger partial charge is 0.482 e. The molecule has 2 rings (SSSR count). The minimum atomic E-state index is -0.499. The van der Waals surface area contributed by atoms with E-state index in [2.05, 4.69) is 26.8 Å². The average molecular weight is 387 g/mol. The molecule has 0 unspecified atom stereocenters. The van der Waals surface area contributed by atoms with Crippen molar-refractivity contribution in [2.45, 2.75) is 0 Å². The van der Waals surface area contributed by atoms with Crippen molar-refractivity contribution in [3.63, 3.8) is 0 Å². The Balaban J connectivity index is 1.82. The Kier molecular flexibility index (Phi) is 5.46. The molecular formula is C14H13BrClN3O3. The third-order valence-electron chi connectivity index (χ3n) is 2.72. The molecule has 0 aliphatic rings. The number of carbonyl (C=O) groups excluding carboxylic acids is 2. The normalized spacial score (nSPS) is 10.1. The second-order valence-corrected chi connectivity index (χ2v) is 5.70. The molecule has 8 heteroatoms. The topological polar surface area (TPSA) is 72.4 Å². The van der Waals surface area contributed by atoms with Crippen LogP contribution in [0.15, 0.2) is 41.0 Å². The maximum atomic E-state index is 11.9. The lowest BCUT2D eigenvalue weighted by Crippen LogP contribution is -2.44. The number of carbonyl (C=O) groups is 2. The zero-order valence-corrected chi connectivity index (χ0v) is 13.9. The molecule has 0 fully saturated rings. The van der Waals surface area contributed by atoms with Gasteiger partial charge in [0, 0.05) is 17.7 Å². The molecule has 2 N–H and O–H groups in total. The summed E-state index contributed by atoms with van der Waals surface area (Å²) in [5.41, 5.74) is 4.98. The number of para-hydroxylation sites is 1. The van der Waals surface area contributed by atoms with E-state index < -0.39 is 11.8 Å². The van der Waals surface area contributed by atoms with Crippen molar-refractivity contribution >= 4 is 39.3 Å². The molecule has 0 aliphatic heterocycles. The van der Waals surface area contributed by atoms with Gasteiger partial charge in [-0.05, 0) is 34.1 Å². The Bertz CT molecular complexity index is 702. The number of hydrazine groups is 1. The number of benzene rings is 1. The smallest absolute Gasteiger partial charge is 0.286 e. The fourth-order valence-corrected chi connectivity index (χ4v) is 2.40. The van der Waals surface area contributed by atoms with Gasteiger partial charge in [0.1, 0.15) is 11.4 Å². The van der Waals surface area contributed by atoms with Crippen LogP contribution < -0.4 is 15.6 Å². The van der Waals surface area contributed by atoms with Crippen LogP contribution in [0.4, 0.5) is 0 Å². The van der Waals surface area contributed by atoms with Gasteiger partial charge in [-0.25, -0.2) is 0 Å². The maximum absolute atomic E-state index is 11.9. The van der Waals surface area contributed by atoms with Gasteiger partial charge < -0.3 is 9.30 Å². The first-order chi connectivity index (χ1) is 10.5. The second kappa shape index (κ2) is 7.33. The van der Waals surface area contributed by atoms with Gasteiger partial charge in [0.25, 0.3) is 11.8 Å². The number of aryl methyl sites for hydroxylation is 1. The number of amides is 2. The molecule has 6 nitrogen and oxygen atoms in total. The molecule has 22 heavy (non-hydrogen) atoms. The molecule has 0 bridgehead atoms. The van der Waals surface area contributed by atoms with Crippen LogP contribution in [0.2, 0.25) is 5.02 Å². The molecule has 1 heterocycles. The van der Waals surface area contributed by atoms with Gasteiger partial charge in [-0.1, -0.05) is 23.7 Å². The van der Waals surface area contributed by atoms with E-state index in [0.717, 1.165) is 4.47 Å². The Morgan fingerprint density at radius 2 is 2.05 bits per heavy atom.